The Morgan fingerprint density at radius 3 is 1.94 bits per heavy atom. The third-order valence-electron chi connectivity index (χ3n) is 8.15. The number of hydrogen-bond acceptors (Lipinski definition) is 8. The van der Waals surface area contributed by atoms with Crippen molar-refractivity contribution in [2.24, 2.45) is 11.7 Å². The zero-order chi connectivity index (χ0) is 36.8. The van der Waals surface area contributed by atoms with Crippen LogP contribution in [0.4, 0.5) is 9.59 Å². The topological polar surface area (TPSA) is 178 Å². The minimum atomic E-state index is -1.04. The molecule has 2 aromatic carbocycles. The van der Waals surface area contributed by atoms with Gasteiger partial charge in [-0.15, -0.1) is 0 Å². The molecule has 1 aliphatic rings. The first-order chi connectivity index (χ1) is 23.7. The van der Waals surface area contributed by atoms with E-state index < -0.39 is 53.6 Å². The maximum atomic E-state index is 13.7. The molecule has 0 saturated heterocycles. The van der Waals surface area contributed by atoms with Gasteiger partial charge in [-0.05, 0) is 93.1 Å². The summed E-state index contributed by atoms with van der Waals surface area (Å²) in [7, 11) is 0. The Hall–Kier alpha value is -4.26. The molecule has 50 heavy (non-hydrogen) atoms. The summed E-state index contributed by atoms with van der Waals surface area (Å²) < 4.78 is 11.0. The van der Waals surface area contributed by atoms with E-state index in [-0.39, 0.29) is 24.9 Å². The Morgan fingerprint density at radius 1 is 0.800 bits per heavy atom. The highest BCUT2D eigenvalue weighted by Gasteiger charge is 2.32. The lowest BCUT2D eigenvalue weighted by Gasteiger charge is -2.26. The maximum Gasteiger partial charge on any atom is 0.407 e. The van der Waals surface area contributed by atoms with Crippen LogP contribution in [0, 0.1) is 5.92 Å². The lowest BCUT2D eigenvalue weighted by Crippen LogP contribution is -2.56. The molecule has 0 aromatic heterocycles. The molecule has 3 atom stereocenters. The smallest absolute Gasteiger partial charge is 0.407 e. The van der Waals surface area contributed by atoms with Gasteiger partial charge < -0.3 is 36.5 Å². The Bertz CT molecular complexity index is 1430. The van der Waals surface area contributed by atoms with Crippen LogP contribution in [0.5, 0.6) is 0 Å². The first-order valence-electron chi connectivity index (χ1n) is 17.2. The summed E-state index contributed by atoms with van der Waals surface area (Å²) in [5, 5.41) is 10.9. The lowest BCUT2D eigenvalue weighted by molar-refractivity contribution is -0.132. The van der Waals surface area contributed by atoms with Crippen molar-refractivity contribution in [3.05, 3.63) is 59.7 Å². The van der Waals surface area contributed by atoms with Crippen LogP contribution < -0.4 is 27.0 Å². The standard InChI is InChI=1S/C37H53N5O7S/c1-23(2)21-31(34(45)40-29(32(38)43)18-20-50-6)41-33(44)30(17-11-12-19-39-35(46)49-37(3,4)5)42-36(47)48-22-28-26-15-9-7-13-24(26)25-14-8-10-16-27(25)28/h7-10,13-16,23,28-31H,11-12,17-22H2,1-6H3,(H2,38,43)(H,39,46)(H,40,45)(H,41,44)(H,42,47)/t29-,30+,31-/m0/s1. The van der Waals surface area contributed by atoms with Crippen molar-refractivity contribution in [1.29, 1.82) is 0 Å². The molecule has 3 rings (SSSR count). The summed E-state index contributed by atoms with van der Waals surface area (Å²) in [6.07, 6.45) is 2.39. The Balaban J connectivity index is 1.70. The quantitative estimate of drug-likeness (QED) is 0.136. The van der Waals surface area contributed by atoms with Crippen molar-refractivity contribution >= 4 is 41.7 Å². The van der Waals surface area contributed by atoms with E-state index in [4.69, 9.17) is 15.2 Å². The van der Waals surface area contributed by atoms with Crippen molar-refractivity contribution in [3.63, 3.8) is 0 Å². The zero-order valence-electron chi connectivity index (χ0n) is 30.0. The molecule has 0 saturated carbocycles. The molecular weight excluding hydrogens is 659 g/mol. The van der Waals surface area contributed by atoms with E-state index in [0.717, 1.165) is 22.3 Å². The molecule has 13 heteroatoms. The predicted molar refractivity (Wildman–Crippen MR) is 196 cm³/mol. The monoisotopic (exact) mass is 711 g/mol. The number of fused-ring (bicyclic) bond motifs is 3. The number of primary amides is 1. The number of rotatable bonds is 18. The number of carbonyl (C=O) groups excluding carboxylic acids is 5. The van der Waals surface area contributed by atoms with Gasteiger partial charge in [0.25, 0.3) is 0 Å². The van der Waals surface area contributed by atoms with Crippen molar-refractivity contribution in [1.82, 2.24) is 21.3 Å². The van der Waals surface area contributed by atoms with Gasteiger partial charge >= 0.3 is 12.2 Å². The van der Waals surface area contributed by atoms with E-state index in [9.17, 15) is 24.0 Å². The van der Waals surface area contributed by atoms with Crippen molar-refractivity contribution in [2.45, 2.75) is 96.4 Å². The second kappa shape index (κ2) is 19.2. The van der Waals surface area contributed by atoms with E-state index >= 15 is 0 Å². The fraction of sp³-hybridized carbons (Fsp3) is 0.541. The van der Waals surface area contributed by atoms with E-state index in [2.05, 4.69) is 21.3 Å². The van der Waals surface area contributed by atoms with Crippen LogP contribution in [0.2, 0.25) is 0 Å². The van der Waals surface area contributed by atoms with Gasteiger partial charge in [-0.2, -0.15) is 11.8 Å². The number of nitrogens with one attached hydrogen (secondary N) is 4. The largest absolute Gasteiger partial charge is 0.449 e. The van der Waals surface area contributed by atoms with Gasteiger partial charge in [0.05, 0.1) is 0 Å². The normalized spacial score (nSPS) is 14.1. The molecule has 0 spiro atoms. The molecule has 0 unspecified atom stereocenters. The van der Waals surface area contributed by atoms with E-state index in [1.165, 1.54) is 11.8 Å². The zero-order valence-corrected chi connectivity index (χ0v) is 30.8. The number of benzene rings is 2. The van der Waals surface area contributed by atoms with Crippen LogP contribution in [0.3, 0.4) is 0 Å². The van der Waals surface area contributed by atoms with Crippen LogP contribution >= 0.6 is 11.8 Å². The average Bonchev–Trinajstić information content (AvgIpc) is 3.36. The average molecular weight is 712 g/mol. The summed E-state index contributed by atoms with van der Waals surface area (Å²) in [5.74, 6) is -1.28. The molecule has 12 nitrogen and oxygen atoms in total. The van der Waals surface area contributed by atoms with Crippen LogP contribution in [0.1, 0.15) is 83.8 Å². The van der Waals surface area contributed by atoms with Crippen LogP contribution in [0.15, 0.2) is 48.5 Å². The molecule has 1 aliphatic carbocycles. The third-order valence-corrected chi connectivity index (χ3v) is 8.79. The van der Waals surface area contributed by atoms with Gasteiger partial charge in [-0.25, -0.2) is 9.59 Å². The second-order valence-corrected chi connectivity index (χ2v) is 14.9. The first kappa shape index (κ1) is 40.2. The van der Waals surface area contributed by atoms with E-state index in [0.29, 0.717) is 38.0 Å². The lowest BCUT2D eigenvalue weighted by atomic mass is 9.98. The van der Waals surface area contributed by atoms with Crippen molar-refractivity contribution in [2.75, 3.05) is 25.2 Å². The minimum absolute atomic E-state index is 0.0248. The van der Waals surface area contributed by atoms with Crippen LogP contribution in [-0.4, -0.2) is 78.8 Å². The number of alkyl carbamates (subject to hydrolysis) is 2. The molecule has 0 radical (unpaired) electrons. The molecule has 2 aromatic rings. The molecule has 0 bridgehead atoms. The molecule has 274 valence electrons. The fourth-order valence-corrected chi connectivity index (χ4v) is 6.27. The summed E-state index contributed by atoms with van der Waals surface area (Å²) in [6.45, 7) is 9.52. The number of thioether (sulfide) groups is 1. The number of unbranched alkanes of at least 4 members (excludes halogenated alkanes) is 1. The minimum Gasteiger partial charge on any atom is -0.449 e. The Morgan fingerprint density at radius 2 is 1.38 bits per heavy atom. The SMILES string of the molecule is CSCC[C@H](NC(=O)[C@H](CC(C)C)NC(=O)[C@@H](CCCCNC(=O)OC(C)(C)C)NC(=O)OCC1c2ccccc2-c2ccccc21)C(N)=O. The number of carbonyl (C=O) groups is 5. The highest BCUT2D eigenvalue weighted by Crippen LogP contribution is 2.44. The molecular formula is C37H53N5O7S. The Labute approximate surface area is 299 Å². The van der Waals surface area contributed by atoms with Crippen molar-refractivity contribution in [3.8, 4) is 11.1 Å². The van der Waals surface area contributed by atoms with Crippen molar-refractivity contribution < 1.29 is 33.4 Å². The van der Waals surface area contributed by atoms with Gasteiger partial charge in [0.15, 0.2) is 0 Å². The van der Waals surface area contributed by atoms with E-state index in [1.54, 1.807) is 20.8 Å². The summed E-state index contributed by atoms with van der Waals surface area (Å²) >= 11 is 1.52. The fourth-order valence-electron chi connectivity index (χ4n) is 5.80. The number of amides is 5. The second-order valence-electron chi connectivity index (χ2n) is 13.9. The predicted octanol–water partition coefficient (Wildman–Crippen LogP) is 4.84. The highest BCUT2D eigenvalue weighted by atomic mass is 32.2. The Kier molecular flexibility index (Phi) is 15.4. The summed E-state index contributed by atoms with van der Waals surface area (Å²) in [5.41, 5.74) is 9.21. The third kappa shape index (κ3) is 12.6. The van der Waals surface area contributed by atoms with Gasteiger partial charge in [0, 0.05) is 12.5 Å². The molecule has 0 fully saturated rings. The maximum absolute atomic E-state index is 13.7. The van der Waals surface area contributed by atoms with E-state index in [1.807, 2.05) is 68.6 Å². The molecule has 0 aliphatic heterocycles. The number of nitrogens with two attached hydrogens (primary N) is 1. The number of ether oxygens (including phenoxy) is 2. The molecule has 5 amide bonds. The van der Waals surface area contributed by atoms with Crippen LogP contribution in [-0.2, 0) is 23.9 Å². The summed E-state index contributed by atoms with van der Waals surface area (Å²) in [4.78, 5) is 64.4. The van der Waals surface area contributed by atoms with Gasteiger partial charge in [0.2, 0.25) is 17.7 Å². The highest BCUT2D eigenvalue weighted by molar-refractivity contribution is 7.98. The first-order valence-corrected chi connectivity index (χ1v) is 18.6. The van der Waals surface area contributed by atoms with Gasteiger partial charge in [-0.1, -0.05) is 62.4 Å². The summed E-state index contributed by atoms with van der Waals surface area (Å²) in [6, 6.07) is 13.1. The number of hydrogen-bond donors (Lipinski definition) is 5. The molecule has 0 heterocycles. The molecule has 6 N–H and O–H groups in total. The van der Waals surface area contributed by atoms with Gasteiger partial charge in [0.1, 0.15) is 30.3 Å². The van der Waals surface area contributed by atoms with Gasteiger partial charge in [-0.3, -0.25) is 14.4 Å². The van der Waals surface area contributed by atoms with Crippen LogP contribution in [0.25, 0.3) is 11.1 Å².